The zero-order chi connectivity index (χ0) is 13.1. The van der Waals surface area contributed by atoms with Crippen molar-refractivity contribution in [3.63, 3.8) is 0 Å². The Morgan fingerprint density at radius 1 is 1.26 bits per heavy atom. The van der Waals surface area contributed by atoms with Crippen LogP contribution in [0.2, 0.25) is 0 Å². The molecule has 2 saturated heterocycles. The first-order chi connectivity index (χ1) is 9.30. The Kier molecular flexibility index (Phi) is 3.96. The van der Waals surface area contributed by atoms with Gasteiger partial charge in [0.15, 0.2) is 0 Å². The van der Waals surface area contributed by atoms with Gasteiger partial charge in [0.2, 0.25) is 0 Å². The molecule has 2 atom stereocenters. The van der Waals surface area contributed by atoms with Crippen molar-refractivity contribution in [2.45, 2.75) is 36.8 Å². The van der Waals surface area contributed by atoms with E-state index in [2.05, 4.69) is 0 Å². The van der Waals surface area contributed by atoms with Crippen molar-refractivity contribution in [3.05, 3.63) is 29.8 Å². The third-order valence-corrected chi connectivity index (χ3v) is 4.20. The zero-order valence-corrected chi connectivity index (χ0v) is 11.7. The molecular formula is C15H19ClO3. The van der Waals surface area contributed by atoms with Crippen LogP contribution < -0.4 is 4.74 Å². The molecule has 4 heteroatoms. The van der Waals surface area contributed by atoms with Gasteiger partial charge in [-0.1, -0.05) is 12.1 Å². The average Bonchev–Trinajstić information content (AvgIpc) is 2.88. The molecule has 2 aliphatic rings. The van der Waals surface area contributed by atoms with E-state index in [0.29, 0.717) is 12.5 Å². The lowest BCUT2D eigenvalue weighted by molar-refractivity contribution is -0.112. The summed E-state index contributed by atoms with van der Waals surface area (Å²) in [5.41, 5.74) is 1.01. The number of hydrogen-bond acceptors (Lipinski definition) is 3. The largest absolute Gasteiger partial charge is 0.490 e. The molecule has 0 aliphatic carbocycles. The number of halogens is 1. The van der Waals surface area contributed by atoms with Gasteiger partial charge in [0.1, 0.15) is 11.9 Å². The van der Waals surface area contributed by atoms with Gasteiger partial charge in [-0.3, -0.25) is 0 Å². The summed E-state index contributed by atoms with van der Waals surface area (Å²) in [6.45, 7) is 2.27. The van der Waals surface area contributed by atoms with Gasteiger partial charge < -0.3 is 14.2 Å². The second kappa shape index (κ2) is 5.70. The van der Waals surface area contributed by atoms with E-state index in [1.807, 2.05) is 24.3 Å². The first-order valence-corrected chi connectivity index (χ1v) is 7.36. The SMILES string of the molecule is ClCc1ccc(OC2CCOC3(CCOC3)C2)cc1. The number of alkyl halides is 1. The van der Waals surface area contributed by atoms with Crippen LogP contribution in [-0.4, -0.2) is 31.5 Å². The van der Waals surface area contributed by atoms with E-state index in [0.717, 1.165) is 43.8 Å². The predicted octanol–water partition coefficient (Wildman–Crippen LogP) is 3.14. The van der Waals surface area contributed by atoms with Crippen LogP contribution in [0.1, 0.15) is 24.8 Å². The van der Waals surface area contributed by atoms with E-state index >= 15 is 0 Å². The fraction of sp³-hybridized carbons (Fsp3) is 0.600. The molecule has 2 heterocycles. The summed E-state index contributed by atoms with van der Waals surface area (Å²) >= 11 is 5.78. The molecule has 0 amide bonds. The molecule has 3 nitrogen and oxygen atoms in total. The van der Waals surface area contributed by atoms with Gasteiger partial charge in [0, 0.05) is 31.7 Å². The molecule has 1 aromatic carbocycles. The Balaban J connectivity index is 1.62. The number of rotatable bonds is 3. The average molecular weight is 283 g/mol. The normalized spacial score (nSPS) is 30.7. The number of benzene rings is 1. The Bertz CT molecular complexity index is 412. The highest BCUT2D eigenvalue weighted by molar-refractivity contribution is 6.17. The van der Waals surface area contributed by atoms with E-state index in [4.69, 9.17) is 25.8 Å². The van der Waals surface area contributed by atoms with Crippen LogP contribution in [0.15, 0.2) is 24.3 Å². The summed E-state index contributed by atoms with van der Waals surface area (Å²) in [4.78, 5) is 0. The van der Waals surface area contributed by atoms with Crippen molar-refractivity contribution >= 4 is 11.6 Å². The van der Waals surface area contributed by atoms with Crippen LogP contribution in [0.25, 0.3) is 0 Å². The van der Waals surface area contributed by atoms with Crippen molar-refractivity contribution < 1.29 is 14.2 Å². The molecule has 2 fully saturated rings. The van der Waals surface area contributed by atoms with E-state index in [1.165, 1.54) is 0 Å². The Morgan fingerprint density at radius 3 is 2.79 bits per heavy atom. The lowest BCUT2D eigenvalue weighted by Gasteiger charge is -2.37. The summed E-state index contributed by atoms with van der Waals surface area (Å²) in [6.07, 6.45) is 3.07. The van der Waals surface area contributed by atoms with Gasteiger partial charge in [0.25, 0.3) is 0 Å². The molecule has 2 aliphatic heterocycles. The minimum atomic E-state index is -0.0982. The van der Waals surface area contributed by atoms with Gasteiger partial charge >= 0.3 is 0 Å². The minimum absolute atomic E-state index is 0.0982. The van der Waals surface area contributed by atoms with Crippen LogP contribution in [0.3, 0.4) is 0 Å². The quantitative estimate of drug-likeness (QED) is 0.797. The van der Waals surface area contributed by atoms with E-state index < -0.39 is 0 Å². The molecule has 1 spiro atoms. The molecule has 0 saturated carbocycles. The van der Waals surface area contributed by atoms with Gasteiger partial charge in [-0.15, -0.1) is 11.6 Å². The second-order valence-corrected chi connectivity index (χ2v) is 5.61. The Hall–Kier alpha value is -0.770. The summed E-state index contributed by atoms with van der Waals surface area (Å²) in [6, 6.07) is 8.00. The second-order valence-electron chi connectivity index (χ2n) is 5.34. The predicted molar refractivity (Wildman–Crippen MR) is 73.8 cm³/mol. The van der Waals surface area contributed by atoms with Crippen LogP contribution in [0.5, 0.6) is 5.75 Å². The van der Waals surface area contributed by atoms with Crippen LogP contribution in [-0.2, 0) is 15.4 Å². The lowest BCUT2D eigenvalue weighted by Crippen LogP contribution is -2.44. The lowest BCUT2D eigenvalue weighted by atomic mass is 9.91. The Morgan fingerprint density at radius 2 is 2.11 bits per heavy atom. The zero-order valence-electron chi connectivity index (χ0n) is 10.9. The minimum Gasteiger partial charge on any atom is -0.490 e. The number of ether oxygens (including phenoxy) is 3. The van der Waals surface area contributed by atoms with Crippen LogP contribution in [0.4, 0.5) is 0 Å². The molecule has 3 rings (SSSR count). The molecule has 0 N–H and O–H groups in total. The third-order valence-electron chi connectivity index (χ3n) is 3.90. The molecule has 0 aromatic heterocycles. The topological polar surface area (TPSA) is 27.7 Å². The first-order valence-electron chi connectivity index (χ1n) is 6.83. The van der Waals surface area contributed by atoms with Gasteiger partial charge in [-0.2, -0.15) is 0 Å². The van der Waals surface area contributed by atoms with Crippen molar-refractivity contribution in [1.29, 1.82) is 0 Å². The highest BCUT2D eigenvalue weighted by atomic mass is 35.5. The molecule has 104 valence electrons. The highest BCUT2D eigenvalue weighted by Crippen LogP contribution is 2.34. The maximum atomic E-state index is 6.06. The molecule has 0 bridgehead atoms. The molecular weight excluding hydrogens is 264 g/mol. The van der Waals surface area contributed by atoms with E-state index in [9.17, 15) is 0 Å². The molecule has 1 aromatic rings. The van der Waals surface area contributed by atoms with Crippen molar-refractivity contribution in [3.8, 4) is 5.75 Å². The maximum absolute atomic E-state index is 6.06. The van der Waals surface area contributed by atoms with Gasteiger partial charge in [-0.25, -0.2) is 0 Å². The molecule has 19 heavy (non-hydrogen) atoms. The third kappa shape index (κ3) is 3.04. The standard InChI is InChI=1S/C15H19ClO3/c16-10-12-1-3-13(4-2-12)19-14-5-7-18-15(9-14)6-8-17-11-15/h1-4,14H,5-11H2. The fourth-order valence-electron chi connectivity index (χ4n) is 2.80. The fourth-order valence-corrected chi connectivity index (χ4v) is 2.97. The van der Waals surface area contributed by atoms with Crippen LogP contribution in [0, 0.1) is 0 Å². The van der Waals surface area contributed by atoms with Crippen LogP contribution >= 0.6 is 11.6 Å². The summed E-state index contributed by atoms with van der Waals surface area (Å²) < 4.78 is 17.4. The van der Waals surface area contributed by atoms with E-state index in [-0.39, 0.29) is 11.7 Å². The van der Waals surface area contributed by atoms with Gasteiger partial charge in [0.05, 0.1) is 18.8 Å². The highest BCUT2D eigenvalue weighted by Gasteiger charge is 2.41. The monoisotopic (exact) mass is 282 g/mol. The summed E-state index contributed by atoms with van der Waals surface area (Å²) in [5, 5.41) is 0. The first kappa shape index (κ1) is 13.2. The molecule has 2 unspecified atom stereocenters. The van der Waals surface area contributed by atoms with Gasteiger partial charge in [-0.05, 0) is 17.7 Å². The van der Waals surface area contributed by atoms with Crippen molar-refractivity contribution in [2.75, 3.05) is 19.8 Å². The summed E-state index contributed by atoms with van der Waals surface area (Å²) in [7, 11) is 0. The number of hydrogen-bond donors (Lipinski definition) is 0. The van der Waals surface area contributed by atoms with E-state index in [1.54, 1.807) is 0 Å². The summed E-state index contributed by atoms with van der Waals surface area (Å²) in [5.74, 6) is 1.45. The van der Waals surface area contributed by atoms with Crippen molar-refractivity contribution in [1.82, 2.24) is 0 Å². The van der Waals surface area contributed by atoms with Crippen molar-refractivity contribution in [2.24, 2.45) is 0 Å². The Labute approximate surface area is 118 Å². The molecule has 0 radical (unpaired) electrons. The smallest absolute Gasteiger partial charge is 0.119 e. The maximum Gasteiger partial charge on any atom is 0.119 e.